The molecule has 1 saturated heterocycles. The first-order chi connectivity index (χ1) is 20.1. The number of piperazine rings is 1. The Labute approximate surface area is 239 Å². The van der Waals surface area contributed by atoms with Crippen LogP contribution in [0.3, 0.4) is 0 Å². The summed E-state index contributed by atoms with van der Waals surface area (Å²) in [6.07, 6.45) is 1.44. The van der Waals surface area contributed by atoms with Gasteiger partial charge in [-0.2, -0.15) is 4.80 Å². The molecule has 1 fully saturated rings. The normalized spacial score (nSPS) is 14.6. The number of likely N-dealkylation sites (N-methyl/N-ethyl adjacent to an activating group) is 1. The first kappa shape index (κ1) is 25.3. The van der Waals surface area contributed by atoms with Crippen LogP contribution < -0.4 is 10.2 Å². The summed E-state index contributed by atoms with van der Waals surface area (Å²) in [6.45, 7) is 5.03. The van der Waals surface area contributed by atoms with Crippen LogP contribution in [0.2, 0.25) is 0 Å². The van der Waals surface area contributed by atoms with E-state index in [1.807, 2.05) is 6.07 Å². The van der Waals surface area contributed by atoms with E-state index in [0.29, 0.717) is 18.8 Å². The van der Waals surface area contributed by atoms with E-state index >= 15 is 0 Å². The van der Waals surface area contributed by atoms with Crippen LogP contribution in [-0.4, -0.2) is 68.3 Å². The van der Waals surface area contributed by atoms with Crippen LogP contribution in [0.1, 0.15) is 28.2 Å². The average molecular weight is 544 g/mol. The van der Waals surface area contributed by atoms with Crippen molar-refractivity contribution in [2.75, 3.05) is 43.4 Å². The fourth-order valence-electron chi connectivity index (χ4n) is 5.73. The molecule has 7 rings (SSSR count). The van der Waals surface area contributed by atoms with E-state index in [0.717, 1.165) is 66.6 Å². The van der Waals surface area contributed by atoms with Gasteiger partial charge in [-0.3, -0.25) is 0 Å². The lowest BCUT2D eigenvalue weighted by Gasteiger charge is -2.34. The van der Waals surface area contributed by atoms with Crippen molar-refractivity contribution in [2.45, 2.75) is 19.4 Å². The number of anilines is 2. The summed E-state index contributed by atoms with van der Waals surface area (Å²) < 4.78 is 0. The monoisotopic (exact) mass is 543 g/mol. The van der Waals surface area contributed by atoms with E-state index in [1.165, 1.54) is 27.2 Å². The van der Waals surface area contributed by atoms with Gasteiger partial charge >= 0.3 is 0 Å². The van der Waals surface area contributed by atoms with E-state index in [1.54, 1.807) is 7.05 Å². The van der Waals surface area contributed by atoms with E-state index in [4.69, 9.17) is 9.97 Å². The van der Waals surface area contributed by atoms with E-state index < -0.39 is 0 Å². The number of aryl methyl sites for hydroxylation is 1. The molecule has 0 saturated carbocycles. The van der Waals surface area contributed by atoms with Crippen molar-refractivity contribution < 1.29 is 0 Å². The second kappa shape index (κ2) is 10.7. The molecule has 1 aliphatic heterocycles. The van der Waals surface area contributed by atoms with Gasteiger partial charge < -0.3 is 15.1 Å². The van der Waals surface area contributed by atoms with E-state index in [-0.39, 0.29) is 0 Å². The van der Waals surface area contributed by atoms with Gasteiger partial charge in [-0.15, -0.1) is 10.2 Å². The van der Waals surface area contributed by atoms with Gasteiger partial charge in [0.15, 0.2) is 0 Å². The molecule has 0 atom stereocenters. The van der Waals surface area contributed by atoms with Crippen LogP contribution in [0.5, 0.6) is 0 Å². The molecule has 5 aromatic rings. The molecule has 0 bridgehead atoms. The van der Waals surface area contributed by atoms with Gasteiger partial charge in [0.1, 0.15) is 11.6 Å². The molecule has 1 aliphatic carbocycles. The van der Waals surface area contributed by atoms with Gasteiger partial charge in [-0.25, -0.2) is 9.97 Å². The molecule has 2 aromatic heterocycles. The van der Waals surface area contributed by atoms with Gasteiger partial charge in [-0.05, 0) is 52.7 Å². The van der Waals surface area contributed by atoms with Gasteiger partial charge in [0.25, 0.3) is 0 Å². The summed E-state index contributed by atoms with van der Waals surface area (Å²) in [5.41, 5.74) is 9.17. The Hall–Kier alpha value is -4.63. The van der Waals surface area contributed by atoms with Crippen molar-refractivity contribution in [3.63, 3.8) is 0 Å². The van der Waals surface area contributed by atoms with Crippen molar-refractivity contribution in [3.8, 4) is 22.5 Å². The van der Waals surface area contributed by atoms with Gasteiger partial charge in [0.2, 0.25) is 5.82 Å². The third kappa shape index (κ3) is 5.28. The van der Waals surface area contributed by atoms with E-state index in [9.17, 15) is 0 Å². The Morgan fingerprint density at radius 1 is 0.829 bits per heavy atom. The number of nitrogens with one attached hydrogen (secondary N) is 1. The SMILES string of the molecule is CN1CCN(c2ccc(CNc3nc(Cc4ccccc4)nc4c3-c3ccc(-c5nnn(C)n5)cc3C4)cc2)CC1. The van der Waals surface area contributed by atoms with Gasteiger partial charge in [-0.1, -0.05) is 54.6 Å². The molecule has 1 N–H and O–H groups in total. The van der Waals surface area contributed by atoms with Crippen molar-refractivity contribution in [2.24, 2.45) is 7.05 Å². The summed E-state index contributed by atoms with van der Waals surface area (Å²) in [4.78, 5) is 16.4. The Morgan fingerprint density at radius 2 is 1.63 bits per heavy atom. The molecule has 206 valence electrons. The smallest absolute Gasteiger partial charge is 0.204 e. The zero-order valence-corrected chi connectivity index (χ0v) is 23.5. The number of aromatic nitrogens is 6. The zero-order chi connectivity index (χ0) is 27.8. The lowest BCUT2D eigenvalue weighted by atomic mass is 10.0. The minimum atomic E-state index is 0.625. The maximum atomic E-state index is 5.06. The Bertz CT molecular complexity index is 1670. The molecule has 9 heteroatoms. The zero-order valence-electron chi connectivity index (χ0n) is 23.5. The lowest BCUT2D eigenvalue weighted by Crippen LogP contribution is -2.44. The van der Waals surface area contributed by atoms with E-state index in [2.05, 4.69) is 104 Å². The molecule has 41 heavy (non-hydrogen) atoms. The standard InChI is InChI=1S/C32H33N9/c1-39-14-16-41(17-15-39)26-11-8-23(9-12-26)21-33-32-30-27-13-10-24(31-36-38-40(2)37-31)19-25(27)20-28(30)34-29(35-32)18-22-6-4-3-5-7-22/h3-13,19H,14-18,20-21H2,1-2H3,(H,33,34,35). The maximum absolute atomic E-state index is 5.06. The third-order valence-corrected chi connectivity index (χ3v) is 8.00. The predicted octanol–water partition coefficient (Wildman–Crippen LogP) is 4.19. The minimum Gasteiger partial charge on any atom is -0.369 e. The largest absolute Gasteiger partial charge is 0.369 e. The van der Waals surface area contributed by atoms with Gasteiger partial charge in [0, 0.05) is 62.4 Å². The topological polar surface area (TPSA) is 87.9 Å². The van der Waals surface area contributed by atoms with Crippen molar-refractivity contribution >= 4 is 11.5 Å². The van der Waals surface area contributed by atoms with Crippen molar-refractivity contribution in [1.82, 2.24) is 35.1 Å². The molecule has 0 amide bonds. The molecule has 9 nitrogen and oxygen atoms in total. The quantitative estimate of drug-likeness (QED) is 0.321. The number of benzene rings is 3. The molecule has 0 radical (unpaired) electrons. The Balaban J connectivity index is 1.17. The highest BCUT2D eigenvalue weighted by molar-refractivity contribution is 5.85. The second-order valence-corrected chi connectivity index (χ2v) is 10.9. The highest BCUT2D eigenvalue weighted by atomic mass is 15.6. The van der Waals surface area contributed by atoms with Crippen LogP contribution >= 0.6 is 0 Å². The molecular formula is C32H33N9. The van der Waals surface area contributed by atoms with Crippen LogP contribution in [0.15, 0.2) is 72.8 Å². The summed E-state index contributed by atoms with van der Waals surface area (Å²) in [5, 5.41) is 16.3. The summed E-state index contributed by atoms with van der Waals surface area (Å²) in [7, 11) is 3.97. The number of hydrogen-bond acceptors (Lipinski definition) is 8. The van der Waals surface area contributed by atoms with Gasteiger partial charge in [0.05, 0.1) is 12.7 Å². The Morgan fingerprint density at radius 3 is 2.39 bits per heavy atom. The molecule has 0 unspecified atom stereocenters. The molecular weight excluding hydrogens is 510 g/mol. The third-order valence-electron chi connectivity index (χ3n) is 8.00. The first-order valence-corrected chi connectivity index (χ1v) is 14.2. The number of hydrogen-bond donors (Lipinski definition) is 1. The van der Waals surface area contributed by atoms with Crippen LogP contribution in [0.4, 0.5) is 11.5 Å². The lowest BCUT2D eigenvalue weighted by molar-refractivity contribution is 0.313. The minimum absolute atomic E-state index is 0.625. The fraction of sp³-hybridized carbons (Fsp3) is 0.281. The first-order valence-electron chi connectivity index (χ1n) is 14.2. The Kier molecular flexibility index (Phi) is 6.64. The van der Waals surface area contributed by atoms with Crippen molar-refractivity contribution in [3.05, 3.63) is 101 Å². The average Bonchev–Trinajstić information content (AvgIpc) is 3.60. The summed E-state index contributed by atoms with van der Waals surface area (Å²) in [5.74, 6) is 2.33. The number of tetrazole rings is 1. The summed E-state index contributed by atoms with van der Waals surface area (Å²) >= 11 is 0. The molecule has 2 aliphatic rings. The van der Waals surface area contributed by atoms with Crippen LogP contribution in [0.25, 0.3) is 22.5 Å². The number of nitrogens with zero attached hydrogens (tertiary/aromatic N) is 8. The maximum Gasteiger partial charge on any atom is 0.204 e. The van der Waals surface area contributed by atoms with Crippen molar-refractivity contribution in [1.29, 1.82) is 0 Å². The summed E-state index contributed by atoms with van der Waals surface area (Å²) in [6, 6.07) is 25.7. The predicted molar refractivity (Wildman–Crippen MR) is 161 cm³/mol. The molecule has 3 heterocycles. The van der Waals surface area contributed by atoms with Crippen LogP contribution in [0, 0.1) is 0 Å². The van der Waals surface area contributed by atoms with Crippen LogP contribution in [-0.2, 0) is 26.4 Å². The second-order valence-electron chi connectivity index (χ2n) is 10.9. The molecule has 0 spiro atoms. The molecule has 3 aromatic carbocycles. The highest BCUT2D eigenvalue weighted by Gasteiger charge is 2.26. The number of fused-ring (bicyclic) bond motifs is 3. The number of rotatable bonds is 7. The highest BCUT2D eigenvalue weighted by Crippen LogP contribution is 2.41. The fourth-order valence-corrected chi connectivity index (χ4v) is 5.73.